The predicted molar refractivity (Wildman–Crippen MR) is 64.3 cm³/mol. The lowest BCUT2D eigenvalue weighted by Crippen LogP contribution is -2.09. The Labute approximate surface area is 99.0 Å². The number of benzene rings is 1. The van der Waals surface area contributed by atoms with Crippen molar-refractivity contribution in [2.24, 2.45) is 0 Å². The summed E-state index contributed by atoms with van der Waals surface area (Å²) in [6, 6.07) is 5.07. The maximum atomic E-state index is 10.8. The molecule has 0 amide bonds. The van der Waals surface area contributed by atoms with Gasteiger partial charge in [-0.25, -0.2) is 8.42 Å². The first-order chi connectivity index (χ1) is 6.79. The van der Waals surface area contributed by atoms with Crippen LogP contribution in [0.15, 0.2) is 18.2 Å². The molecule has 0 bridgehead atoms. The van der Waals surface area contributed by atoms with Crippen LogP contribution >= 0.6 is 22.3 Å². The number of rotatable bonds is 3. The quantitative estimate of drug-likeness (QED) is 0.790. The average molecular weight is 268 g/mol. The summed E-state index contributed by atoms with van der Waals surface area (Å²) in [5.41, 5.74) is 1.42. The number of hydrogen-bond acceptors (Lipinski definition) is 3. The first-order valence-electron chi connectivity index (χ1n) is 4.17. The van der Waals surface area contributed by atoms with Gasteiger partial charge in [0.1, 0.15) is 0 Å². The minimum Gasteiger partial charge on any atom is -0.376 e. The monoisotopic (exact) mass is 267 g/mol. The van der Waals surface area contributed by atoms with Crippen LogP contribution in [0.4, 0.5) is 5.69 Å². The van der Waals surface area contributed by atoms with Gasteiger partial charge in [-0.05, 0) is 17.7 Å². The van der Waals surface area contributed by atoms with Gasteiger partial charge in [-0.15, -0.1) is 0 Å². The summed E-state index contributed by atoms with van der Waals surface area (Å²) < 4.78 is 21.7. The van der Waals surface area contributed by atoms with E-state index in [9.17, 15) is 8.42 Å². The largest absolute Gasteiger partial charge is 0.376 e. The molecule has 3 nitrogen and oxygen atoms in total. The van der Waals surface area contributed by atoms with Crippen molar-refractivity contribution in [3.8, 4) is 0 Å². The maximum Gasteiger partial charge on any atom is 0.236 e. The van der Waals surface area contributed by atoms with Crippen molar-refractivity contribution in [2.45, 2.75) is 5.75 Å². The third-order valence-corrected chi connectivity index (χ3v) is 3.14. The fraction of sp³-hybridized carbons (Fsp3) is 0.333. The van der Waals surface area contributed by atoms with Crippen LogP contribution in [0.3, 0.4) is 0 Å². The van der Waals surface area contributed by atoms with Crippen molar-refractivity contribution >= 4 is 37.0 Å². The second-order valence-corrected chi connectivity index (χ2v) is 6.55. The summed E-state index contributed by atoms with van der Waals surface area (Å²) in [4.78, 5) is 1.85. The third kappa shape index (κ3) is 3.89. The van der Waals surface area contributed by atoms with E-state index in [1.807, 2.05) is 19.0 Å². The molecular formula is C9H11Cl2NO2S. The van der Waals surface area contributed by atoms with E-state index in [0.29, 0.717) is 10.6 Å². The van der Waals surface area contributed by atoms with Gasteiger partial charge < -0.3 is 4.90 Å². The molecule has 0 spiro atoms. The Bertz CT molecular complexity index is 457. The van der Waals surface area contributed by atoms with E-state index in [1.54, 1.807) is 18.2 Å². The number of halogens is 2. The van der Waals surface area contributed by atoms with Crippen molar-refractivity contribution in [2.75, 3.05) is 19.0 Å². The molecule has 0 aromatic heterocycles. The molecular weight excluding hydrogens is 257 g/mol. The fourth-order valence-electron chi connectivity index (χ4n) is 1.20. The highest BCUT2D eigenvalue weighted by atomic mass is 35.7. The van der Waals surface area contributed by atoms with Crippen LogP contribution in [0.25, 0.3) is 0 Å². The SMILES string of the molecule is CN(C)c1ccc(CS(=O)(=O)Cl)cc1Cl. The van der Waals surface area contributed by atoms with Crippen LogP contribution in [-0.2, 0) is 14.8 Å². The Morgan fingerprint density at radius 3 is 2.33 bits per heavy atom. The molecule has 1 aromatic carbocycles. The van der Waals surface area contributed by atoms with Crippen LogP contribution in [0.2, 0.25) is 5.02 Å². The van der Waals surface area contributed by atoms with Crippen molar-refractivity contribution in [3.63, 3.8) is 0 Å². The van der Waals surface area contributed by atoms with Gasteiger partial charge >= 0.3 is 0 Å². The zero-order valence-electron chi connectivity index (χ0n) is 8.37. The number of anilines is 1. The summed E-state index contributed by atoms with van der Waals surface area (Å²) in [5.74, 6) is -0.206. The summed E-state index contributed by atoms with van der Waals surface area (Å²) >= 11 is 5.97. The van der Waals surface area contributed by atoms with Gasteiger partial charge in [-0.1, -0.05) is 17.7 Å². The van der Waals surface area contributed by atoms with Gasteiger partial charge in [-0.3, -0.25) is 0 Å². The third-order valence-electron chi connectivity index (χ3n) is 1.83. The molecule has 0 heterocycles. The van der Waals surface area contributed by atoms with Crippen LogP contribution < -0.4 is 4.90 Å². The van der Waals surface area contributed by atoms with Crippen LogP contribution in [0, 0.1) is 0 Å². The molecule has 1 aromatic rings. The molecule has 0 saturated heterocycles. The molecule has 0 aliphatic heterocycles. The van der Waals surface area contributed by atoms with Gasteiger partial charge in [0, 0.05) is 24.8 Å². The average Bonchev–Trinajstić information content (AvgIpc) is 1.99. The van der Waals surface area contributed by atoms with Gasteiger partial charge in [0.2, 0.25) is 9.05 Å². The van der Waals surface area contributed by atoms with Crippen LogP contribution in [0.5, 0.6) is 0 Å². The standard InChI is InChI=1S/C9H11Cl2NO2S/c1-12(2)9-4-3-7(5-8(9)10)6-15(11,13)14/h3-5H,6H2,1-2H3. The lowest BCUT2D eigenvalue weighted by molar-refractivity contribution is 0.609. The smallest absolute Gasteiger partial charge is 0.236 e. The highest BCUT2D eigenvalue weighted by Gasteiger charge is 2.09. The molecule has 0 unspecified atom stereocenters. The van der Waals surface area contributed by atoms with E-state index < -0.39 is 9.05 Å². The molecule has 6 heteroatoms. The summed E-state index contributed by atoms with van der Waals surface area (Å²) in [5, 5.41) is 0.512. The van der Waals surface area contributed by atoms with Crippen molar-refractivity contribution in [3.05, 3.63) is 28.8 Å². The van der Waals surface area contributed by atoms with Gasteiger partial charge in [0.15, 0.2) is 0 Å². The van der Waals surface area contributed by atoms with E-state index in [2.05, 4.69) is 0 Å². The summed E-state index contributed by atoms with van der Waals surface area (Å²) in [6.45, 7) is 0. The Hall–Kier alpha value is -0.450. The van der Waals surface area contributed by atoms with Crippen molar-refractivity contribution in [1.29, 1.82) is 0 Å². The molecule has 0 N–H and O–H groups in total. The molecule has 0 aliphatic carbocycles. The van der Waals surface area contributed by atoms with Crippen molar-refractivity contribution < 1.29 is 8.42 Å². The van der Waals surface area contributed by atoms with E-state index in [0.717, 1.165) is 5.69 Å². The lowest BCUT2D eigenvalue weighted by Gasteiger charge is -2.14. The van der Waals surface area contributed by atoms with E-state index >= 15 is 0 Å². The first kappa shape index (κ1) is 12.6. The molecule has 0 radical (unpaired) electrons. The zero-order valence-corrected chi connectivity index (χ0v) is 10.7. The molecule has 15 heavy (non-hydrogen) atoms. The second kappa shape index (κ2) is 4.60. The normalized spacial score (nSPS) is 11.5. The second-order valence-electron chi connectivity index (χ2n) is 3.36. The Morgan fingerprint density at radius 2 is 1.93 bits per heavy atom. The summed E-state index contributed by atoms with van der Waals surface area (Å²) in [6.07, 6.45) is 0. The predicted octanol–water partition coefficient (Wildman–Crippen LogP) is 2.47. The first-order valence-corrected chi connectivity index (χ1v) is 7.03. The van der Waals surface area contributed by atoms with Gasteiger partial charge in [0.05, 0.1) is 16.5 Å². The topological polar surface area (TPSA) is 37.4 Å². The lowest BCUT2D eigenvalue weighted by atomic mass is 10.2. The Kier molecular flexibility index (Phi) is 3.87. The molecule has 0 saturated carbocycles. The van der Waals surface area contributed by atoms with E-state index in [-0.39, 0.29) is 5.75 Å². The Balaban J connectivity index is 3.02. The zero-order chi connectivity index (χ0) is 11.6. The molecule has 0 fully saturated rings. The minimum atomic E-state index is -3.53. The molecule has 1 rings (SSSR count). The van der Waals surface area contributed by atoms with Gasteiger partial charge in [0.25, 0.3) is 0 Å². The van der Waals surface area contributed by atoms with Crippen LogP contribution in [0.1, 0.15) is 5.56 Å². The van der Waals surface area contributed by atoms with Crippen molar-refractivity contribution in [1.82, 2.24) is 0 Å². The maximum absolute atomic E-state index is 10.8. The Morgan fingerprint density at radius 1 is 1.33 bits per heavy atom. The van der Waals surface area contributed by atoms with E-state index in [4.69, 9.17) is 22.3 Å². The molecule has 0 aliphatic rings. The van der Waals surface area contributed by atoms with Gasteiger partial charge in [-0.2, -0.15) is 0 Å². The number of nitrogens with zero attached hydrogens (tertiary/aromatic N) is 1. The van der Waals surface area contributed by atoms with Crippen LogP contribution in [-0.4, -0.2) is 22.5 Å². The summed E-state index contributed by atoms with van der Waals surface area (Å²) in [7, 11) is 5.33. The highest BCUT2D eigenvalue weighted by molar-refractivity contribution is 8.13. The number of hydrogen-bond donors (Lipinski definition) is 0. The fourth-order valence-corrected chi connectivity index (χ4v) is 2.53. The highest BCUT2D eigenvalue weighted by Crippen LogP contribution is 2.26. The molecule has 84 valence electrons. The molecule has 0 atom stereocenters. The van der Waals surface area contributed by atoms with E-state index in [1.165, 1.54) is 0 Å². The minimum absolute atomic E-state index is 0.206.